The molecule has 10 nitrogen and oxygen atoms in total. The fraction of sp³-hybridized carbons (Fsp3) is 0.381. The predicted molar refractivity (Wildman–Crippen MR) is 117 cm³/mol. The van der Waals surface area contributed by atoms with Gasteiger partial charge in [-0.3, -0.25) is 14.5 Å². The van der Waals surface area contributed by atoms with Crippen LogP contribution in [-0.2, 0) is 22.6 Å². The van der Waals surface area contributed by atoms with Crippen LogP contribution in [0.2, 0.25) is 0 Å². The fourth-order valence-corrected chi connectivity index (χ4v) is 3.37. The first-order valence-electron chi connectivity index (χ1n) is 10.1. The Labute approximate surface area is 180 Å². The number of rotatable bonds is 7. The van der Waals surface area contributed by atoms with Crippen LogP contribution in [0.15, 0.2) is 36.9 Å². The van der Waals surface area contributed by atoms with Crippen LogP contribution < -0.4 is 15.5 Å². The highest BCUT2D eigenvalue weighted by molar-refractivity contribution is 6.02. The zero-order chi connectivity index (χ0) is 22.0. The highest BCUT2D eigenvalue weighted by Gasteiger charge is 2.34. The molecule has 2 N–H and O–H groups in total. The molecule has 1 aliphatic heterocycles. The van der Waals surface area contributed by atoms with Crippen molar-refractivity contribution >= 4 is 23.4 Å². The maximum absolute atomic E-state index is 12.4. The van der Waals surface area contributed by atoms with Crippen LogP contribution in [0.1, 0.15) is 30.7 Å². The van der Waals surface area contributed by atoms with Gasteiger partial charge in [-0.25, -0.2) is 4.98 Å². The van der Waals surface area contributed by atoms with Crippen LogP contribution in [0.5, 0.6) is 0 Å². The van der Waals surface area contributed by atoms with Crippen molar-refractivity contribution in [2.45, 2.75) is 46.2 Å². The maximum Gasteiger partial charge on any atom is 0.274 e. The van der Waals surface area contributed by atoms with Gasteiger partial charge in [-0.05, 0) is 32.4 Å². The third-order valence-corrected chi connectivity index (χ3v) is 4.83. The Morgan fingerprint density at radius 2 is 2.10 bits per heavy atom. The highest BCUT2D eigenvalue weighted by atomic mass is 16.5. The van der Waals surface area contributed by atoms with E-state index in [1.165, 1.54) is 0 Å². The monoisotopic (exact) mass is 422 g/mol. The number of pyridine rings is 1. The minimum atomic E-state index is -0.736. The van der Waals surface area contributed by atoms with E-state index in [0.717, 1.165) is 11.1 Å². The number of anilines is 3. The van der Waals surface area contributed by atoms with Crippen LogP contribution in [0.4, 0.5) is 17.5 Å². The summed E-state index contributed by atoms with van der Waals surface area (Å²) in [4.78, 5) is 27.4. The molecule has 4 rings (SSSR count). The van der Waals surface area contributed by atoms with Crippen molar-refractivity contribution in [3.05, 3.63) is 53.7 Å². The van der Waals surface area contributed by atoms with Gasteiger partial charge in [-0.15, -0.1) is 0 Å². The number of aromatic nitrogens is 5. The Balaban J connectivity index is 1.46. The minimum Gasteiger partial charge on any atom is -0.350 e. The Kier molecular flexibility index (Phi) is 5.81. The first-order chi connectivity index (χ1) is 14.9. The van der Waals surface area contributed by atoms with Crippen LogP contribution >= 0.6 is 0 Å². The molecular weight excluding hydrogens is 396 g/mol. The molecule has 1 amide bonds. The van der Waals surface area contributed by atoms with Gasteiger partial charge in [-0.1, -0.05) is 6.07 Å². The van der Waals surface area contributed by atoms with Crippen molar-refractivity contribution in [2.75, 3.05) is 22.6 Å². The standard InChI is InChI=1S/C21H26N8O2/c1-13(2)31-20-19(30)26-17-14(3)25-21(27-18(17)28(20)4)23-9-16-10-24-29(12-16)11-15-6-5-7-22-8-15/h5-8,10,12-13,20H,9,11H2,1-4H3,(H,26,30)(H,23,25,27). The molecule has 0 bridgehead atoms. The van der Waals surface area contributed by atoms with Crippen LogP contribution in [0.3, 0.4) is 0 Å². The first kappa shape index (κ1) is 20.7. The van der Waals surface area contributed by atoms with Gasteiger partial charge in [0, 0.05) is 37.7 Å². The van der Waals surface area contributed by atoms with Gasteiger partial charge in [0.1, 0.15) is 5.69 Å². The quantitative estimate of drug-likeness (QED) is 0.596. The summed E-state index contributed by atoms with van der Waals surface area (Å²) in [6, 6.07) is 3.93. The molecule has 0 spiro atoms. The van der Waals surface area contributed by atoms with Crippen LogP contribution in [-0.4, -0.2) is 50.0 Å². The van der Waals surface area contributed by atoms with Crippen LogP contribution in [0, 0.1) is 6.92 Å². The second-order valence-electron chi connectivity index (χ2n) is 7.73. The number of likely N-dealkylation sites (N-methyl/N-ethyl adjacent to an activating group) is 1. The summed E-state index contributed by atoms with van der Waals surface area (Å²) in [6.07, 6.45) is 6.54. The van der Waals surface area contributed by atoms with Gasteiger partial charge in [0.15, 0.2) is 5.82 Å². The van der Waals surface area contributed by atoms with E-state index in [0.29, 0.717) is 36.2 Å². The third-order valence-electron chi connectivity index (χ3n) is 4.83. The molecular formula is C21H26N8O2. The second kappa shape index (κ2) is 8.68. The summed E-state index contributed by atoms with van der Waals surface area (Å²) in [6.45, 7) is 6.80. The Morgan fingerprint density at radius 3 is 2.84 bits per heavy atom. The molecule has 1 atom stereocenters. The summed E-state index contributed by atoms with van der Waals surface area (Å²) in [7, 11) is 1.79. The smallest absolute Gasteiger partial charge is 0.274 e. The fourth-order valence-electron chi connectivity index (χ4n) is 3.37. The lowest BCUT2D eigenvalue weighted by Crippen LogP contribution is -2.49. The van der Waals surface area contributed by atoms with Gasteiger partial charge < -0.3 is 20.3 Å². The number of ether oxygens (including phenoxy) is 1. The largest absolute Gasteiger partial charge is 0.350 e. The third kappa shape index (κ3) is 4.64. The van der Waals surface area contributed by atoms with E-state index in [4.69, 9.17) is 4.74 Å². The molecule has 162 valence electrons. The van der Waals surface area contributed by atoms with E-state index >= 15 is 0 Å². The maximum atomic E-state index is 12.4. The van der Waals surface area contributed by atoms with E-state index in [1.807, 2.05) is 56.2 Å². The lowest BCUT2D eigenvalue weighted by atomic mass is 10.2. The molecule has 0 aliphatic carbocycles. The molecule has 1 unspecified atom stereocenters. The summed E-state index contributed by atoms with van der Waals surface area (Å²) >= 11 is 0. The molecule has 31 heavy (non-hydrogen) atoms. The highest BCUT2D eigenvalue weighted by Crippen LogP contribution is 2.32. The lowest BCUT2D eigenvalue weighted by Gasteiger charge is -2.35. The lowest BCUT2D eigenvalue weighted by molar-refractivity contribution is -0.130. The average Bonchev–Trinajstić information content (AvgIpc) is 3.18. The van der Waals surface area contributed by atoms with Gasteiger partial charge in [0.2, 0.25) is 12.2 Å². The number of hydrogen-bond acceptors (Lipinski definition) is 8. The average molecular weight is 422 g/mol. The molecule has 10 heteroatoms. The van der Waals surface area contributed by atoms with Gasteiger partial charge in [-0.2, -0.15) is 10.1 Å². The van der Waals surface area contributed by atoms with E-state index < -0.39 is 6.23 Å². The zero-order valence-electron chi connectivity index (χ0n) is 18.0. The number of fused-ring (bicyclic) bond motifs is 1. The minimum absolute atomic E-state index is 0.0940. The number of hydrogen-bond donors (Lipinski definition) is 2. The normalized spacial score (nSPS) is 15.7. The second-order valence-corrected chi connectivity index (χ2v) is 7.73. The van der Waals surface area contributed by atoms with Crippen molar-refractivity contribution in [1.29, 1.82) is 0 Å². The summed E-state index contributed by atoms with van der Waals surface area (Å²) in [5.41, 5.74) is 3.38. The van der Waals surface area contributed by atoms with Crippen molar-refractivity contribution in [2.24, 2.45) is 0 Å². The van der Waals surface area contributed by atoms with E-state index in [1.54, 1.807) is 18.1 Å². The summed E-state index contributed by atoms with van der Waals surface area (Å²) in [5.74, 6) is 0.868. The van der Waals surface area contributed by atoms with E-state index in [-0.39, 0.29) is 12.0 Å². The first-order valence-corrected chi connectivity index (χ1v) is 10.1. The van der Waals surface area contributed by atoms with E-state index in [9.17, 15) is 4.79 Å². The van der Waals surface area contributed by atoms with Crippen molar-refractivity contribution in [3.8, 4) is 0 Å². The number of carbonyl (C=O) groups is 1. The molecule has 3 aromatic rings. The number of nitrogens with one attached hydrogen (secondary N) is 2. The predicted octanol–water partition coefficient (Wildman–Crippen LogP) is 2.18. The molecule has 0 fully saturated rings. The molecule has 0 saturated heterocycles. The van der Waals surface area contributed by atoms with Gasteiger partial charge in [0.05, 0.1) is 24.5 Å². The molecule has 0 radical (unpaired) electrons. The molecule has 4 heterocycles. The number of amides is 1. The number of aryl methyl sites for hydroxylation is 1. The summed E-state index contributed by atoms with van der Waals surface area (Å²) < 4.78 is 7.62. The van der Waals surface area contributed by atoms with Gasteiger partial charge in [0.25, 0.3) is 5.91 Å². The SMILES string of the molecule is Cc1nc(NCc2cnn(Cc3cccnc3)c2)nc2c1NC(=O)C(OC(C)C)N2C. The summed E-state index contributed by atoms with van der Waals surface area (Å²) in [5, 5.41) is 10.5. The number of nitrogens with zero attached hydrogens (tertiary/aromatic N) is 6. The molecule has 0 aromatic carbocycles. The topological polar surface area (TPSA) is 110 Å². The Hall–Kier alpha value is -3.53. The zero-order valence-corrected chi connectivity index (χ0v) is 18.0. The van der Waals surface area contributed by atoms with Gasteiger partial charge >= 0.3 is 0 Å². The molecule has 3 aromatic heterocycles. The van der Waals surface area contributed by atoms with Crippen molar-refractivity contribution in [1.82, 2.24) is 24.7 Å². The molecule has 0 saturated carbocycles. The molecule has 1 aliphatic rings. The number of carbonyl (C=O) groups excluding carboxylic acids is 1. The van der Waals surface area contributed by atoms with Crippen molar-refractivity contribution < 1.29 is 9.53 Å². The Morgan fingerprint density at radius 1 is 1.26 bits per heavy atom. The van der Waals surface area contributed by atoms with Crippen molar-refractivity contribution in [3.63, 3.8) is 0 Å². The Bertz CT molecular complexity index is 1070. The van der Waals surface area contributed by atoms with Crippen LogP contribution in [0.25, 0.3) is 0 Å². The van der Waals surface area contributed by atoms with E-state index in [2.05, 4.69) is 30.7 Å².